The molecule has 0 bridgehead atoms. The maximum absolute atomic E-state index is 6.12. The van der Waals surface area contributed by atoms with Gasteiger partial charge < -0.3 is 14.0 Å². The molecule has 2 heterocycles. The van der Waals surface area contributed by atoms with E-state index in [1.807, 2.05) is 36.4 Å². The number of nitrogens with zero attached hydrogens (tertiary/aromatic N) is 1. The van der Waals surface area contributed by atoms with E-state index >= 15 is 0 Å². The van der Waals surface area contributed by atoms with Crippen LogP contribution in [0, 0.1) is 0 Å². The lowest BCUT2D eigenvalue weighted by molar-refractivity contribution is 0.00578. The number of methoxy groups -OCH3 is 1. The molecule has 0 spiro atoms. The molecule has 1 aromatic heterocycles. The summed E-state index contributed by atoms with van der Waals surface area (Å²) < 4.78 is 17.7. The number of para-hydroxylation sites is 1. The maximum Gasteiger partial charge on any atom is 0.494 e. The van der Waals surface area contributed by atoms with E-state index in [0.717, 1.165) is 22.5 Å². The van der Waals surface area contributed by atoms with Gasteiger partial charge in [0.1, 0.15) is 5.75 Å². The highest BCUT2D eigenvalue weighted by atomic mass is 16.7. The van der Waals surface area contributed by atoms with Gasteiger partial charge >= 0.3 is 7.12 Å². The lowest BCUT2D eigenvalue weighted by Crippen LogP contribution is -2.41. The Hall–Kier alpha value is -1.85. The van der Waals surface area contributed by atoms with E-state index < -0.39 is 7.12 Å². The van der Waals surface area contributed by atoms with Crippen molar-refractivity contribution in [2.24, 2.45) is 0 Å². The second kappa shape index (κ2) is 5.66. The van der Waals surface area contributed by atoms with E-state index in [0.29, 0.717) is 0 Å². The number of aromatic nitrogens is 1. The van der Waals surface area contributed by atoms with Crippen LogP contribution in [0.15, 0.2) is 42.6 Å². The quantitative estimate of drug-likeness (QED) is 0.817. The fourth-order valence-corrected chi connectivity index (χ4v) is 2.58. The van der Waals surface area contributed by atoms with Gasteiger partial charge in [-0.25, -0.2) is 0 Å². The third-order valence-corrected chi connectivity index (χ3v) is 4.69. The van der Waals surface area contributed by atoms with E-state index in [9.17, 15) is 0 Å². The van der Waals surface area contributed by atoms with E-state index in [1.165, 1.54) is 0 Å². The van der Waals surface area contributed by atoms with Crippen LogP contribution in [0.4, 0.5) is 0 Å². The average Bonchev–Trinajstić information content (AvgIpc) is 2.75. The lowest BCUT2D eigenvalue weighted by Gasteiger charge is -2.32. The van der Waals surface area contributed by atoms with Crippen molar-refractivity contribution in [2.75, 3.05) is 7.11 Å². The summed E-state index contributed by atoms with van der Waals surface area (Å²) in [7, 11) is 1.27. The predicted molar refractivity (Wildman–Crippen MR) is 91.9 cm³/mol. The van der Waals surface area contributed by atoms with Crippen LogP contribution < -0.4 is 10.2 Å². The number of ether oxygens (including phenoxy) is 1. The van der Waals surface area contributed by atoms with E-state index in [-0.39, 0.29) is 11.2 Å². The van der Waals surface area contributed by atoms with Crippen LogP contribution >= 0.6 is 0 Å². The minimum atomic E-state index is -0.392. The molecule has 0 aliphatic carbocycles. The topological polar surface area (TPSA) is 40.6 Å². The molecule has 0 atom stereocenters. The summed E-state index contributed by atoms with van der Waals surface area (Å²) in [6.45, 7) is 8.20. The number of pyridine rings is 1. The van der Waals surface area contributed by atoms with Crippen molar-refractivity contribution < 1.29 is 14.0 Å². The first kappa shape index (κ1) is 16.0. The van der Waals surface area contributed by atoms with Crippen molar-refractivity contribution in [3.8, 4) is 17.0 Å². The van der Waals surface area contributed by atoms with Crippen LogP contribution in [0.25, 0.3) is 11.3 Å². The Balaban J connectivity index is 1.96. The molecule has 120 valence electrons. The molecule has 0 amide bonds. The summed E-state index contributed by atoms with van der Waals surface area (Å²) >= 11 is 0. The number of hydrogen-bond acceptors (Lipinski definition) is 4. The van der Waals surface area contributed by atoms with Gasteiger partial charge in [-0.3, -0.25) is 4.98 Å². The zero-order valence-electron chi connectivity index (χ0n) is 14.3. The number of benzene rings is 1. The molecule has 0 radical (unpaired) electrons. The number of hydrogen-bond donors (Lipinski definition) is 0. The van der Waals surface area contributed by atoms with Gasteiger partial charge in [0.15, 0.2) is 0 Å². The highest BCUT2D eigenvalue weighted by Gasteiger charge is 2.51. The van der Waals surface area contributed by atoms with Crippen LogP contribution in [-0.2, 0) is 9.31 Å². The second-order valence-corrected chi connectivity index (χ2v) is 6.76. The normalized spacial score (nSPS) is 18.9. The average molecular weight is 311 g/mol. The van der Waals surface area contributed by atoms with Crippen molar-refractivity contribution >= 4 is 12.6 Å². The summed E-state index contributed by atoms with van der Waals surface area (Å²) in [6.07, 6.45) is 1.78. The zero-order chi connectivity index (χ0) is 16.7. The molecule has 1 aliphatic heterocycles. The first-order chi connectivity index (χ1) is 10.8. The third kappa shape index (κ3) is 2.86. The zero-order valence-corrected chi connectivity index (χ0v) is 14.3. The van der Waals surface area contributed by atoms with Gasteiger partial charge in [0.05, 0.1) is 24.0 Å². The smallest absolute Gasteiger partial charge is 0.494 e. The molecular formula is C18H22BNO3. The Morgan fingerprint density at radius 3 is 2.30 bits per heavy atom. The van der Waals surface area contributed by atoms with Crippen molar-refractivity contribution in [3.63, 3.8) is 0 Å². The Morgan fingerprint density at radius 2 is 1.65 bits per heavy atom. The van der Waals surface area contributed by atoms with Gasteiger partial charge in [-0.15, -0.1) is 0 Å². The summed E-state index contributed by atoms with van der Waals surface area (Å²) in [6, 6.07) is 11.8. The minimum Gasteiger partial charge on any atom is -0.496 e. The van der Waals surface area contributed by atoms with Gasteiger partial charge in [0.25, 0.3) is 0 Å². The Bertz CT molecular complexity index is 699. The molecule has 0 unspecified atom stereocenters. The fourth-order valence-electron chi connectivity index (χ4n) is 2.58. The maximum atomic E-state index is 6.12. The predicted octanol–water partition coefficient (Wildman–Crippen LogP) is 3.06. The van der Waals surface area contributed by atoms with Gasteiger partial charge in [-0.05, 0) is 57.4 Å². The third-order valence-electron chi connectivity index (χ3n) is 4.69. The first-order valence-electron chi connectivity index (χ1n) is 7.79. The molecule has 3 rings (SSSR count). The van der Waals surface area contributed by atoms with E-state index in [1.54, 1.807) is 13.3 Å². The van der Waals surface area contributed by atoms with Crippen molar-refractivity contribution in [2.45, 2.75) is 38.9 Å². The standard InChI is InChI=1S/C18H22BNO3/c1-17(2)18(3,4)23-19(22-17)13-10-11-20-15(12-13)14-8-6-7-9-16(14)21-5/h6-12H,1-5H3. The lowest BCUT2D eigenvalue weighted by atomic mass is 9.79. The molecule has 1 aliphatic rings. The van der Waals surface area contributed by atoms with Gasteiger partial charge in [-0.2, -0.15) is 0 Å². The molecular weight excluding hydrogens is 289 g/mol. The summed E-state index contributed by atoms with van der Waals surface area (Å²) in [4.78, 5) is 4.47. The van der Waals surface area contributed by atoms with Crippen molar-refractivity contribution in [1.82, 2.24) is 4.98 Å². The van der Waals surface area contributed by atoms with Crippen LogP contribution in [0.2, 0.25) is 0 Å². The molecule has 0 N–H and O–H groups in total. The Labute approximate surface area is 137 Å². The molecule has 2 aromatic rings. The van der Waals surface area contributed by atoms with Crippen LogP contribution in [0.5, 0.6) is 5.75 Å². The largest absolute Gasteiger partial charge is 0.496 e. The Kier molecular flexibility index (Phi) is 3.94. The van der Waals surface area contributed by atoms with Gasteiger partial charge in [-0.1, -0.05) is 12.1 Å². The second-order valence-electron chi connectivity index (χ2n) is 6.76. The van der Waals surface area contributed by atoms with E-state index in [4.69, 9.17) is 14.0 Å². The summed E-state index contributed by atoms with van der Waals surface area (Å²) in [5, 5.41) is 0. The minimum absolute atomic E-state index is 0.356. The molecule has 1 fully saturated rings. The van der Waals surface area contributed by atoms with Gasteiger partial charge in [0.2, 0.25) is 0 Å². The highest BCUT2D eigenvalue weighted by Crippen LogP contribution is 2.36. The molecule has 23 heavy (non-hydrogen) atoms. The molecule has 4 nitrogen and oxygen atoms in total. The SMILES string of the molecule is COc1ccccc1-c1cc(B2OC(C)(C)C(C)(C)O2)ccn1. The summed E-state index contributed by atoms with van der Waals surface area (Å²) in [5.41, 5.74) is 2.04. The van der Waals surface area contributed by atoms with Crippen LogP contribution in [0.1, 0.15) is 27.7 Å². The summed E-state index contributed by atoms with van der Waals surface area (Å²) in [5.74, 6) is 0.797. The molecule has 0 saturated carbocycles. The molecule has 5 heteroatoms. The van der Waals surface area contributed by atoms with Crippen LogP contribution in [-0.4, -0.2) is 30.4 Å². The Morgan fingerprint density at radius 1 is 1.00 bits per heavy atom. The van der Waals surface area contributed by atoms with Gasteiger partial charge in [0, 0.05) is 11.8 Å². The monoisotopic (exact) mass is 311 g/mol. The molecule has 1 aromatic carbocycles. The van der Waals surface area contributed by atoms with Crippen molar-refractivity contribution in [3.05, 3.63) is 42.6 Å². The fraction of sp³-hybridized carbons (Fsp3) is 0.389. The highest BCUT2D eigenvalue weighted by molar-refractivity contribution is 6.62. The van der Waals surface area contributed by atoms with E-state index in [2.05, 4.69) is 32.7 Å². The molecule has 1 saturated heterocycles. The van der Waals surface area contributed by atoms with Crippen molar-refractivity contribution in [1.29, 1.82) is 0 Å². The first-order valence-corrected chi connectivity index (χ1v) is 7.79. The number of rotatable bonds is 3. The van der Waals surface area contributed by atoms with Crippen LogP contribution in [0.3, 0.4) is 0 Å².